The van der Waals surface area contributed by atoms with Crippen LogP contribution in [0, 0.1) is 0 Å². The first-order valence-corrected chi connectivity index (χ1v) is 7.02. The first kappa shape index (κ1) is 19.9. The molecule has 0 spiro atoms. The van der Waals surface area contributed by atoms with Crippen LogP contribution in [0.15, 0.2) is 87.0 Å². The Bertz CT molecular complexity index is 615. The second kappa shape index (κ2) is 12.6. The lowest BCUT2D eigenvalue weighted by Gasteiger charge is -1.96. The van der Waals surface area contributed by atoms with Gasteiger partial charge in [-0.05, 0) is 22.8 Å². The molecule has 0 bridgehead atoms. The van der Waals surface area contributed by atoms with Crippen molar-refractivity contribution in [1.82, 2.24) is 0 Å². The molecule has 0 saturated heterocycles. The Balaban J connectivity index is 0.000000335. The molecule has 2 rings (SSSR count). The number of nitrogens with two attached hydrogens (primary N) is 1. The van der Waals surface area contributed by atoms with E-state index in [1.807, 2.05) is 72.8 Å². The lowest BCUT2D eigenvalue weighted by atomic mass is 10.1. The highest BCUT2D eigenvalue weighted by atomic mass is 16.1. The van der Waals surface area contributed by atoms with Crippen LogP contribution in [-0.2, 0) is 4.79 Å². The van der Waals surface area contributed by atoms with Crippen molar-refractivity contribution in [2.75, 3.05) is 0 Å². The fourth-order valence-electron chi connectivity index (χ4n) is 1.47. The second-order valence-corrected chi connectivity index (χ2v) is 4.26. The van der Waals surface area contributed by atoms with E-state index in [0.29, 0.717) is 0 Å². The van der Waals surface area contributed by atoms with Crippen molar-refractivity contribution in [1.29, 1.82) is 0 Å². The Hall–Kier alpha value is -3.13. The molecule has 0 fully saturated rings. The molecular weight excluding hydrogens is 282 g/mol. The summed E-state index contributed by atoms with van der Waals surface area (Å²) in [5.74, 6) is -0.481. The van der Waals surface area contributed by atoms with E-state index in [0.717, 1.165) is 17.2 Å². The zero-order valence-corrected chi connectivity index (χ0v) is 13.3. The zero-order valence-electron chi connectivity index (χ0n) is 13.3. The van der Waals surface area contributed by atoms with Gasteiger partial charge in [0.05, 0.1) is 0 Å². The maximum absolute atomic E-state index is 9.47. The molecule has 2 aromatic carbocycles. The Morgan fingerprint density at radius 3 is 1.39 bits per heavy atom. The van der Waals surface area contributed by atoms with E-state index < -0.39 is 5.91 Å². The molecular formula is C21H23NO. The van der Waals surface area contributed by atoms with Crippen LogP contribution in [0.1, 0.15) is 16.7 Å². The Kier molecular flexibility index (Phi) is 10.9. The lowest BCUT2D eigenvalue weighted by Crippen LogP contribution is -2.04. The van der Waals surface area contributed by atoms with Crippen molar-refractivity contribution in [3.63, 3.8) is 0 Å². The standard InChI is InChI=1S/C10H10.C8H8.C3H5NO/c1-3-9-7-5-6-8-10(9)4-2;1-2-8-6-4-3-5-7-8;1-2-3(4)5/h3-8H,1-2H2;2-7H,1H2;2H,1H2,(H2,4,5). The van der Waals surface area contributed by atoms with Gasteiger partial charge >= 0.3 is 0 Å². The molecule has 2 N–H and O–H groups in total. The summed E-state index contributed by atoms with van der Waals surface area (Å²) in [6.45, 7) is 14.1. The van der Waals surface area contributed by atoms with E-state index in [-0.39, 0.29) is 0 Å². The van der Waals surface area contributed by atoms with Crippen molar-refractivity contribution in [2.24, 2.45) is 5.73 Å². The Morgan fingerprint density at radius 2 is 1.13 bits per heavy atom. The quantitative estimate of drug-likeness (QED) is 0.797. The minimum Gasteiger partial charge on any atom is -0.366 e. The van der Waals surface area contributed by atoms with Crippen LogP contribution in [0.5, 0.6) is 0 Å². The normalized spacial score (nSPS) is 8.17. The average Bonchev–Trinajstić information content (AvgIpc) is 2.63. The molecule has 0 unspecified atom stereocenters. The van der Waals surface area contributed by atoms with E-state index in [9.17, 15) is 4.79 Å². The van der Waals surface area contributed by atoms with Gasteiger partial charge in [-0.25, -0.2) is 0 Å². The first-order chi connectivity index (χ1) is 11.1. The number of hydrogen-bond acceptors (Lipinski definition) is 1. The molecule has 23 heavy (non-hydrogen) atoms. The predicted molar refractivity (Wildman–Crippen MR) is 103 cm³/mol. The molecule has 2 nitrogen and oxygen atoms in total. The van der Waals surface area contributed by atoms with Crippen molar-refractivity contribution < 1.29 is 4.79 Å². The number of amides is 1. The SMILES string of the molecule is C=CC(N)=O.C=Cc1ccccc1.C=Cc1ccccc1C=C. The smallest absolute Gasteiger partial charge is 0.240 e. The van der Waals surface area contributed by atoms with Gasteiger partial charge in [-0.1, -0.05) is 99.1 Å². The summed E-state index contributed by atoms with van der Waals surface area (Å²) in [6.07, 6.45) is 6.55. The monoisotopic (exact) mass is 305 g/mol. The van der Waals surface area contributed by atoms with Crippen LogP contribution in [0.25, 0.3) is 18.2 Å². The second-order valence-electron chi connectivity index (χ2n) is 4.26. The van der Waals surface area contributed by atoms with Gasteiger partial charge in [-0.15, -0.1) is 0 Å². The number of carbonyl (C=O) groups is 1. The van der Waals surface area contributed by atoms with E-state index in [4.69, 9.17) is 0 Å². The van der Waals surface area contributed by atoms with Gasteiger partial charge in [-0.3, -0.25) is 4.79 Å². The topological polar surface area (TPSA) is 43.1 Å². The van der Waals surface area contributed by atoms with Gasteiger partial charge in [0.2, 0.25) is 5.91 Å². The highest BCUT2D eigenvalue weighted by Gasteiger charge is 1.89. The van der Waals surface area contributed by atoms with E-state index in [1.54, 1.807) is 0 Å². The Labute approximate surface area is 139 Å². The highest BCUT2D eigenvalue weighted by Crippen LogP contribution is 2.10. The maximum atomic E-state index is 9.47. The molecule has 0 saturated carbocycles. The molecule has 0 atom stereocenters. The van der Waals surface area contributed by atoms with Crippen molar-refractivity contribution in [2.45, 2.75) is 0 Å². The van der Waals surface area contributed by atoms with Crippen LogP contribution >= 0.6 is 0 Å². The van der Waals surface area contributed by atoms with Crippen molar-refractivity contribution >= 4 is 24.1 Å². The summed E-state index contributed by atoms with van der Waals surface area (Å²) in [5.41, 5.74) is 7.98. The summed E-state index contributed by atoms with van der Waals surface area (Å²) in [5, 5.41) is 0. The van der Waals surface area contributed by atoms with Gasteiger partial charge in [0.1, 0.15) is 0 Å². The maximum Gasteiger partial charge on any atom is 0.240 e. The van der Waals surface area contributed by atoms with E-state index >= 15 is 0 Å². The molecule has 0 radical (unpaired) electrons. The third-order valence-electron chi connectivity index (χ3n) is 2.67. The predicted octanol–water partition coefficient (Wildman–Crippen LogP) is 4.96. The third-order valence-corrected chi connectivity index (χ3v) is 2.67. The molecule has 1 amide bonds. The molecule has 0 aliphatic rings. The highest BCUT2D eigenvalue weighted by molar-refractivity contribution is 5.84. The van der Waals surface area contributed by atoms with Gasteiger partial charge < -0.3 is 5.73 Å². The number of rotatable bonds is 4. The molecule has 0 aromatic heterocycles. The minimum atomic E-state index is -0.481. The van der Waals surface area contributed by atoms with E-state index in [1.165, 1.54) is 5.56 Å². The van der Waals surface area contributed by atoms with Crippen molar-refractivity contribution in [3.05, 3.63) is 104 Å². The number of hydrogen-bond donors (Lipinski definition) is 1. The fourth-order valence-corrected chi connectivity index (χ4v) is 1.47. The van der Waals surface area contributed by atoms with Gasteiger partial charge in [0.25, 0.3) is 0 Å². The molecule has 2 aromatic rings. The van der Waals surface area contributed by atoms with Crippen LogP contribution < -0.4 is 5.73 Å². The largest absolute Gasteiger partial charge is 0.366 e. The zero-order chi connectivity index (χ0) is 17.5. The first-order valence-electron chi connectivity index (χ1n) is 7.02. The molecule has 0 aliphatic carbocycles. The summed E-state index contributed by atoms with van der Waals surface area (Å²) < 4.78 is 0. The average molecular weight is 305 g/mol. The van der Waals surface area contributed by atoms with E-state index in [2.05, 4.69) is 32.0 Å². The van der Waals surface area contributed by atoms with Crippen LogP contribution in [0.3, 0.4) is 0 Å². The summed E-state index contributed by atoms with van der Waals surface area (Å²) in [6, 6.07) is 18.0. The van der Waals surface area contributed by atoms with Crippen LogP contribution in [-0.4, -0.2) is 5.91 Å². The lowest BCUT2D eigenvalue weighted by molar-refractivity contribution is -0.113. The molecule has 0 heterocycles. The van der Waals surface area contributed by atoms with Gasteiger partial charge in [-0.2, -0.15) is 0 Å². The summed E-state index contributed by atoms with van der Waals surface area (Å²) in [4.78, 5) is 9.47. The third kappa shape index (κ3) is 9.43. The van der Waals surface area contributed by atoms with Crippen molar-refractivity contribution in [3.8, 4) is 0 Å². The fraction of sp³-hybridized carbons (Fsp3) is 0. The summed E-state index contributed by atoms with van der Waals surface area (Å²) >= 11 is 0. The van der Waals surface area contributed by atoms with Gasteiger partial charge in [0, 0.05) is 0 Å². The summed E-state index contributed by atoms with van der Waals surface area (Å²) in [7, 11) is 0. The Morgan fingerprint density at radius 1 is 0.739 bits per heavy atom. The molecule has 2 heteroatoms. The van der Waals surface area contributed by atoms with Crippen LogP contribution in [0.2, 0.25) is 0 Å². The minimum absolute atomic E-state index is 0.481. The number of benzene rings is 2. The number of primary amides is 1. The van der Waals surface area contributed by atoms with Gasteiger partial charge in [0.15, 0.2) is 0 Å². The molecule has 118 valence electrons. The number of carbonyl (C=O) groups excluding carboxylic acids is 1. The molecule has 0 aliphatic heterocycles. The van der Waals surface area contributed by atoms with Crippen LogP contribution in [0.4, 0.5) is 0 Å².